The minimum absolute atomic E-state index is 0.178. The molecular formula is C20H17FN4O2S2. The second-order valence-electron chi connectivity index (χ2n) is 6.92. The van der Waals surface area contributed by atoms with Gasteiger partial charge < -0.3 is 0 Å². The summed E-state index contributed by atoms with van der Waals surface area (Å²) in [6, 6.07) is 11.6. The van der Waals surface area contributed by atoms with E-state index in [0.717, 1.165) is 29.6 Å². The van der Waals surface area contributed by atoms with Crippen molar-refractivity contribution < 1.29 is 12.8 Å². The number of benzene rings is 2. The number of sulfonamides is 1. The molecule has 2 aromatic carbocycles. The van der Waals surface area contributed by atoms with Crippen molar-refractivity contribution in [2.45, 2.75) is 30.7 Å². The van der Waals surface area contributed by atoms with Crippen molar-refractivity contribution in [3.05, 3.63) is 60.2 Å². The van der Waals surface area contributed by atoms with Crippen LogP contribution in [0.2, 0.25) is 0 Å². The molecule has 4 aromatic rings. The van der Waals surface area contributed by atoms with Gasteiger partial charge in [-0.1, -0.05) is 12.1 Å². The molecule has 3 heterocycles. The Hall–Kier alpha value is -2.78. The molecule has 5 rings (SSSR count). The summed E-state index contributed by atoms with van der Waals surface area (Å²) in [6.07, 6.45) is 3.98. The zero-order valence-electron chi connectivity index (χ0n) is 15.3. The van der Waals surface area contributed by atoms with Crippen LogP contribution in [0.5, 0.6) is 0 Å². The summed E-state index contributed by atoms with van der Waals surface area (Å²) in [5.74, 6) is -0.454. The van der Waals surface area contributed by atoms with Crippen LogP contribution in [0.1, 0.15) is 18.5 Å². The first-order valence-electron chi connectivity index (χ1n) is 9.24. The van der Waals surface area contributed by atoms with E-state index in [-0.39, 0.29) is 4.90 Å². The molecule has 0 atom stereocenters. The van der Waals surface area contributed by atoms with Crippen LogP contribution in [0.3, 0.4) is 0 Å². The number of para-hydroxylation sites is 1. The number of nitrogens with zero attached hydrogens (tertiary/aromatic N) is 3. The van der Waals surface area contributed by atoms with E-state index < -0.39 is 15.8 Å². The van der Waals surface area contributed by atoms with E-state index in [4.69, 9.17) is 0 Å². The first-order valence-corrected chi connectivity index (χ1v) is 11.5. The van der Waals surface area contributed by atoms with Gasteiger partial charge in [-0.2, -0.15) is 5.10 Å². The Morgan fingerprint density at radius 2 is 2.00 bits per heavy atom. The fourth-order valence-corrected chi connectivity index (χ4v) is 5.86. The Balaban J connectivity index is 1.57. The number of rotatable bonds is 4. The molecule has 0 amide bonds. The van der Waals surface area contributed by atoms with E-state index in [9.17, 15) is 12.8 Å². The number of hydrogen-bond acceptors (Lipinski definition) is 5. The molecular weight excluding hydrogens is 411 g/mol. The Kier molecular flexibility index (Phi) is 4.36. The number of hydrogen-bond donors (Lipinski definition) is 1. The van der Waals surface area contributed by atoms with E-state index in [2.05, 4.69) is 14.8 Å². The summed E-state index contributed by atoms with van der Waals surface area (Å²) in [7, 11) is -3.86. The molecule has 29 heavy (non-hydrogen) atoms. The van der Waals surface area contributed by atoms with Crippen molar-refractivity contribution in [3.63, 3.8) is 0 Å². The van der Waals surface area contributed by atoms with Crippen molar-refractivity contribution in [2.24, 2.45) is 0 Å². The van der Waals surface area contributed by atoms with E-state index in [1.807, 2.05) is 24.3 Å². The maximum atomic E-state index is 14.0. The van der Waals surface area contributed by atoms with Crippen LogP contribution in [0, 0.1) is 5.82 Å². The average molecular weight is 429 g/mol. The lowest BCUT2D eigenvalue weighted by Crippen LogP contribution is -2.18. The van der Waals surface area contributed by atoms with Crippen LogP contribution >= 0.6 is 11.3 Å². The Labute approximate surface area is 171 Å². The lowest BCUT2D eigenvalue weighted by Gasteiger charge is -2.16. The zero-order valence-corrected chi connectivity index (χ0v) is 16.9. The van der Waals surface area contributed by atoms with E-state index in [1.54, 1.807) is 4.68 Å². The van der Waals surface area contributed by atoms with Gasteiger partial charge in [0.25, 0.3) is 10.0 Å². The van der Waals surface area contributed by atoms with Crippen LogP contribution in [0.15, 0.2) is 53.6 Å². The summed E-state index contributed by atoms with van der Waals surface area (Å²) in [5, 5.41) is 4.77. The summed E-state index contributed by atoms with van der Waals surface area (Å²) in [4.78, 5) is 4.73. The predicted molar refractivity (Wildman–Crippen MR) is 111 cm³/mol. The number of halogens is 1. The van der Waals surface area contributed by atoms with Crippen LogP contribution in [0.4, 0.5) is 10.1 Å². The van der Waals surface area contributed by atoms with Crippen molar-refractivity contribution >= 4 is 37.3 Å². The predicted octanol–water partition coefficient (Wildman–Crippen LogP) is 4.44. The molecule has 1 N–H and O–H groups in total. The summed E-state index contributed by atoms with van der Waals surface area (Å²) in [6.45, 7) is 0.721. The maximum Gasteiger partial charge on any atom is 0.265 e. The van der Waals surface area contributed by atoms with Gasteiger partial charge in [-0.25, -0.2) is 17.8 Å². The van der Waals surface area contributed by atoms with Gasteiger partial charge in [-0.05, 0) is 49.6 Å². The molecule has 1 aliphatic rings. The largest absolute Gasteiger partial charge is 0.279 e. The highest BCUT2D eigenvalue weighted by molar-refractivity contribution is 7.92. The smallest absolute Gasteiger partial charge is 0.265 e. The monoisotopic (exact) mass is 428 g/mol. The summed E-state index contributed by atoms with van der Waals surface area (Å²) in [5.41, 5.74) is 2.21. The number of aromatic nitrogens is 3. The average Bonchev–Trinajstić information content (AvgIpc) is 3.33. The van der Waals surface area contributed by atoms with E-state index in [0.29, 0.717) is 28.4 Å². The van der Waals surface area contributed by atoms with Gasteiger partial charge in [0.2, 0.25) is 0 Å². The zero-order chi connectivity index (χ0) is 20.0. The fourth-order valence-electron chi connectivity index (χ4n) is 3.59. The SMILES string of the molecule is O=S(=O)(Nc1ccc(F)cc1-c1nc2ccccc2s1)c1cnn2c1CCCC2. The Bertz CT molecular complexity index is 1290. The third-order valence-electron chi connectivity index (χ3n) is 4.98. The van der Waals surface area contributed by atoms with E-state index in [1.165, 1.54) is 35.7 Å². The molecule has 1 aliphatic heterocycles. The van der Waals surface area contributed by atoms with Crippen LogP contribution in [0.25, 0.3) is 20.8 Å². The molecule has 0 spiro atoms. The number of nitrogens with one attached hydrogen (secondary N) is 1. The quantitative estimate of drug-likeness (QED) is 0.521. The first kappa shape index (κ1) is 18.3. The highest BCUT2D eigenvalue weighted by atomic mass is 32.2. The second kappa shape index (κ2) is 6.93. The van der Waals surface area contributed by atoms with Gasteiger partial charge in [0, 0.05) is 12.1 Å². The molecule has 6 nitrogen and oxygen atoms in total. The fraction of sp³-hybridized carbons (Fsp3) is 0.200. The third-order valence-corrected chi connectivity index (χ3v) is 7.46. The molecule has 0 unspecified atom stereocenters. The molecule has 148 valence electrons. The molecule has 0 radical (unpaired) electrons. The first-order chi connectivity index (χ1) is 14.0. The van der Waals surface area contributed by atoms with Gasteiger partial charge in [0.05, 0.1) is 27.8 Å². The molecule has 0 bridgehead atoms. The molecule has 0 fully saturated rings. The molecule has 0 aliphatic carbocycles. The molecule has 0 saturated heterocycles. The Morgan fingerprint density at radius 3 is 2.86 bits per heavy atom. The van der Waals surface area contributed by atoms with E-state index >= 15 is 0 Å². The number of thiazole rings is 1. The standard InChI is InChI=1S/C20H17FN4O2S2/c21-13-8-9-15(14(11-13)20-23-16-5-1-2-7-18(16)28-20)24-29(26,27)19-12-22-25-10-4-3-6-17(19)25/h1-2,5,7-9,11-12,24H,3-4,6,10H2. The minimum Gasteiger partial charge on any atom is -0.279 e. The van der Waals surface area contributed by atoms with Crippen molar-refractivity contribution in [1.29, 1.82) is 0 Å². The lowest BCUT2D eigenvalue weighted by molar-refractivity contribution is 0.481. The van der Waals surface area contributed by atoms with Crippen LogP contribution < -0.4 is 4.72 Å². The summed E-state index contributed by atoms with van der Waals surface area (Å²) < 4.78 is 45.5. The number of anilines is 1. The van der Waals surface area contributed by atoms with Crippen LogP contribution in [-0.4, -0.2) is 23.2 Å². The Morgan fingerprint density at radius 1 is 1.14 bits per heavy atom. The lowest BCUT2D eigenvalue weighted by atomic mass is 10.1. The van der Waals surface area contributed by atoms with Crippen LogP contribution in [-0.2, 0) is 23.0 Å². The highest BCUT2D eigenvalue weighted by Gasteiger charge is 2.26. The highest BCUT2D eigenvalue weighted by Crippen LogP contribution is 2.36. The van der Waals surface area contributed by atoms with Crippen molar-refractivity contribution in [3.8, 4) is 10.6 Å². The normalized spacial score (nSPS) is 14.1. The van der Waals surface area contributed by atoms with Crippen molar-refractivity contribution in [2.75, 3.05) is 4.72 Å². The topological polar surface area (TPSA) is 76.9 Å². The van der Waals surface area contributed by atoms with Crippen molar-refractivity contribution in [1.82, 2.24) is 14.8 Å². The van der Waals surface area contributed by atoms with Gasteiger partial charge >= 0.3 is 0 Å². The molecule has 9 heteroatoms. The molecule has 0 saturated carbocycles. The maximum absolute atomic E-state index is 14.0. The number of aryl methyl sites for hydroxylation is 1. The molecule has 2 aromatic heterocycles. The third kappa shape index (κ3) is 3.30. The second-order valence-corrected chi connectivity index (χ2v) is 9.60. The van der Waals surface area contributed by atoms with Gasteiger partial charge in [0.1, 0.15) is 15.7 Å². The van der Waals surface area contributed by atoms with Gasteiger partial charge in [-0.3, -0.25) is 9.40 Å². The minimum atomic E-state index is -3.86. The van der Waals surface area contributed by atoms with Gasteiger partial charge in [-0.15, -0.1) is 11.3 Å². The summed E-state index contributed by atoms with van der Waals surface area (Å²) >= 11 is 1.39. The number of fused-ring (bicyclic) bond motifs is 2. The van der Waals surface area contributed by atoms with Gasteiger partial charge in [0.15, 0.2) is 0 Å².